The molecule has 0 spiro atoms. The van der Waals surface area contributed by atoms with Crippen molar-refractivity contribution in [2.24, 2.45) is 0 Å². The number of carbonyl (C=O) groups is 1. The number of anilines is 1. The molecule has 10 heteroatoms. The van der Waals surface area contributed by atoms with Crippen molar-refractivity contribution >= 4 is 17.3 Å². The number of H-pyrrole nitrogens is 1. The van der Waals surface area contributed by atoms with Gasteiger partial charge in [-0.2, -0.15) is 5.21 Å². The van der Waals surface area contributed by atoms with Crippen LogP contribution >= 0.6 is 0 Å². The van der Waals surface area contributed by atoms with Gasteiger partial charge in [0.05, 0.1) is 11.5 Å². The van der Waals surface area contributed by atoms with E-state index in [1.54, 1.807) is 6.07 Å². The number of amides is 1. The highest BCUT2D eigenvalue weighted by Crippen LogP contribution is 2.22. The van der Waals surface area contributed by atoms with Crippen molar-refractivity contribution < 1.29 is 9.72 Å². The van der Waals surface area contributed by atoms with E-state index >= 15 is 0 Å². The summed E-state index contributed by atoms with van der Waals surface area (Å²) in [4.78, 5) is 22.5. The van der Waals surface area contributed by atoms with Crippen LogP contribution < -0.4 is 10.6 Å². The van der Waals surface area contributed by atoms with E-state index < -0.39 is 10.8 Å². The monoisotopic (exact) mass is 291 g/mol. The molecule has 21 heavy (non-hydrogen) atoms. The largest absolute Gasteiger partial charge is 0.385 e. The number of hydrogen-bond donors (Lipinski definition) is 3. The van der Waals surface area contributed by atoms with Crippen LogP contribution in [0, 0.1) is 10.1 Å². The van der Waals surface area contributed by atoms with Crippen LogP contribution in [0.25, 0.3) is 0 Å². The number of aromatic amines is 1. The number of nitro groups is 1. The van der Waals surface area contributed by atoms with Gasteiger partial charge in [-0.15, -0.1) is 10.2 Å². The van der Waals surface area contributed by atoms with Gasteiger partial charge >= 0.3 is 0 Å². The predicted molar refractivity (Wildman–Crippen MR) is 72.6 cm³/mol. The Balaban J connectivity index is 2.20. The fourth-order valence-electron chi connectivity index (χ4n) is 1.70. The molecule has 2 aromatic rings. The lowest BCUT2D eigenvalue weighted by Gasteiger charge is -2.07. The van der Waals surface area contributed by atoms with Crippen LogP contribution in [0.15, 0.2) is 18.2 Å². The molecule has 0 bridgehead atoms. The van der Waals surface area contributed by atoms with Crippen LogP contribution in [0.1, 0.15) is 23.1 Å². The fraction of sp³-hybridized carbons (Fsp3) is 0.273. The van der Waals surface area contributed by atoms with Crippen molar-refractivity contribution in [3.8, 4) is 0 Å². The van der Waals surface area contributed by atoms with E-state index in [1.165, 1.54) is 12.1 Å². The van der Waals surface area contributed by atoms with Crippen molar-refractivity contribution in [1.29, 1.82) is 0 Å². The first-order chi connectivity index (χ1) is 10.1. The minimum absolute atomic E-state index is 0.0257. The van der Waals surface area contributed by atoms with Gasteiger partial charge in [0.2, 0.25) is 0 Å². The van der Waals surface area contributed by atoms with Gasteiger partial charge in [0.1, 0.15) is 5.56 Å². The van der Waals surface area contributed by atoms with E-state index in [0.29, 0.717) is 12.2 Å². The molecule has 110 valence electrons. The minimum Gasteiger partial charge on any atom is -0.385 e. The summed E-state index contributed by atoms with van der Waals surface area (Å²) in [5, 5.41) is 29.5. The molecule has 0 atom stereocenters. The molecule has 0 aliphatic rings. The molecule has 1 amide bonds. The SMILES string of the molecule is CCNc1ccc([N+](=O)[O-])c(C(=O)NCc2nn[nH]n2)c1. The minimum atomic E-state index is -0.598. The summed E-state index contributed by atoms with van der Waals surface area (Å²) in [6.07, 6.45) is 0. The highest BCUT2D eigenvalue weighted by molar-refractivity contribution is 5.99. The van der Waals surface area contributed by atoms with Crippen molar-refractivity contribution in [3.05, 3.63) is 39.7 Å². The highest BCUT2D eigenvalue weighted by Gasteiger charge is 2.20. The third-order valence-electron chi connectivity index (χ3n) is 2.62. The highest BCUT2D eigenvalue weighted by atomic mass is 16.6. The number of rotatable bonds is 6. The topological polar surface area (TPSA) is 139 Å². The number of hydrogen-bond acceptors (Lipinski definition) is 7. The van der Waals surface area contributed by atoms with Crippen LogP contribution in [0.4, 0.5) is 11.4 Å². The molecule has 0 saturated carbocycles. The lowest BCUT2D eigenvalue weighted by molar-refractivity contribution is -0.385. The second-order valence-electron chi connectivity index (χ2n) is 4.03. The van der Waals surface area contributed by atoms with Crippen LogP contribution in [0.2, 0.25) is 0 Å². The van der Waals surface area contributed by atoms with E-state index in [0.717, 1.165) is 0 Å². The zero-order valence-corrected chi connectivity index (χ0v) is 11.2. The first-order valence-electron chi connectivity index (χ1n) is 6.14. The maximum Gasteiger partial charge on any atom is 0.282 e. The van der Waals surface area contributed by atoms with Crippen molar-refractivity contribution in [2.45, 2.75) is 13.5 Å². The second kappa shape index (κ2) is 6.41. The van der Waals surface area contributed by atoms with Crippen LogP contribution in [-0.2, 0) is 6.54 Å². The van der Waals surface area contributed by atoms with Crippen LogP contribution in [0.3, 0.4) is 0 Å². The summed E-state index contributed by atoms with van der Waals surface area (Å²) in [5.41, 5.74) is 0.344. The molecule has 3 N–H and O–H groups in total. The number of nitro benzene ring substituents is 1. The Labute approximate surface area is 119 Å². The molecule has 0 saturated heterocycles. The zero-order valence-electron chi connectivity index (χ0n) is 11.2. The van der Waals surface area contributed by atoms with Gasteiger partial charge in [0.15, 0.2) is 5.82 Å². The average Bonchev–Trinajstić information content (AvgIpc) is 2.98. The number of nitrogens with one attached hydrogen (secondary N) is 3. The Hall–Kier alpha value is -3.04. The molecule has 0 fully saturated rings. The van der Waals surface area contributed by atoms with Crippen molar-refractivity contribution in [1.82, 2.24) is 25.9 Å². The van der Waals surface area contributed by atoms with E-state index in [-0.39, 0.29) is 23.6 Å². The molecule has 0 aliphatic heterocycles. The molecular weight excluding hydrogens is 278 g/mol. The maximum absolute atomic E-state index is 12.1. The number of nitrogens with zero attached hydrogens (tertiary/aromatic N) is 4. The number of aromatic nitrogens is 4. The number of tetrazole rings is 1. The lowest BCUT2D eigenvalue weighted by Crippen LogP contribution is -2.24. The lowest BCUT2D eigenvalue weighted by atomic mass is 10.1. The molecule has 1 aromatic carbocycles. The van der Waals surface area contributed by atoms with Crippen LogP contribution in [0.5, 0.6) is 0 Å². The summed E-state index contributed by atoms with van der Waals surface area (Å²) < 4.78 is 0. The van der Waals surface area contributed by atoms with Gasteiger partial charge < -0.3 is 10.6 Å². The molecular formula is C11H13N7O3. The third-order valence-corrected chi connectivity index (χ3v) is 2.62. The standard InChI is InChI=1S/C11H13N7O3/c1-2-12-7-3-4-9(18(20)21)8(5-7)11(19)13-6-10-14-16-17-15-10/h3-5,12H,2,6H2,1H3,(H,13,19)(H,14,15,16,17). The average molecular weight is 291 g/mol. The first kappa shape index (κ1) is 14.4. The predicted octanol–water partition coefficient (Wildman–Crippen LogP) is 0.470. The van der Waals surface area contributed by atoms with E-state index in [9.17, 15) is 14.9 Å². The quantitative estimate of drug-likeness (QED) is 0.519. The summed E-state index contributed by atoms with van der Waals surface area (Å²) in [6, 6.07) is 4.28. The number of benzene rings is 1. The van der Waals surface area contributed by atoms with Gasteiger partial charge in [-0.05, 0) is 19.1 Å². The Morgan fingerprint density at radius 2 is 2.29 bits per heavy atom. The maximum atomic E-state index is 12.1. The third kappa shape index (κ3) is 3.49. The van der Waals surface area contributed by atoms with Gasteiger partial charge in [0.25, 0.3) is 11.6 Å². The molecule has 2 rings (SSSR count). The smallest absolute Gasteiger partial charge is 0.282 e. The summed E-state index contributed by atoms with van der Waals surface area (Å²) in [5.74, 6) is -0.292. The Kier molecular flexibility index (Phi) is 4.39. The number of carbonyl (C=O) groups excluding carboxylic acids is 1. The Morgan fingerprint density at radius 3 is 2.90 bits per heavy atom. The molecule has 1 aromatic heterocycles. The normalized spacial score (nSPS) is 10.1. The van der Waals surface area contributed by atoms with Gasteiger partial charge in [-0.25, -0.2) is 0 Å². The molecule has 0 radical (unpaired) electrons. The summed E-state index contributed by atoms with van der Waals surface area (Å²) in [6.45, 7) is 2.55. The van der Waals surface area contributed by atoms with Gasteiger partial charge in [-0.1, -0.05) is 5.21 Å². The van der Waals surface area contributed by atoms with Crippen molar-refractivity contribution in [3.63, 3.8) is 0 Å². The summed E-state index contributed by atoms with van der Waals surface area (Å²) in [7, 11) is 0. The molecule has 1 heterocycles. The Morgan fingerprint density at radius 1 is 1.48 bits per heavy atom. The molecule has 10 nitrogen and oxygen atoms in total. The van der Waals surface area contributed by atoms with E-state index in [1.807, 2.05) is 6.92 Å². The van der Waals surface area contributed by atoms with E-state index in [4.69, 9.17) is 0 Å². The summed E-state index contributed by atoms with van der Waals surface area (Å²) >= 11 is 0. The van der Waals surface area contributed by atoms with E-state index in [2.05, 4.69) is 31.3 Å². The van der Waals surface area contributed by atoms with Crippen molar-refractivity contribution in [2.75, 3.05) is 11.9 Å². The van der Waals surface area contributed by atoms with Crippen LogP contribution in [-0.4, -0.2) is 38.0 Å². The second-order valence-corrected chi connectivity index (χ2v) is 4.03. The zero-order chi connectivity index (χ0) is 15.2. The molecule has 0 unspecified atom stereocenters. The Bertz CT molecular complexity index is 641. The molecule has 0 aliphatic carbocycles. The fourth-order valence-corrected chi connectivity index (χ4v) is 1.70. The first-order valence-corrected chi connectivity index (χ1v) is 6.14. The van der Waals surface area contributed by atoms with Gasteiger partial charge in [0, 0.05) is 18.3 Å². The van der Waals surface area contributed by atoms with Gasteiger partial charge in [-0.3, -0.25) is 14.9 Å².